The van der Waals surface area contributed by atoms with Crippen molar-refractivity contribution in [3.8, 4) is 0 Å². The summed E-state index contributed by atoms with van der Waals surface area (Å²) in [6.07, 6.45) is 2.13. The molecule has 80 valence electrons. The second kappa shape index (κ2) is 4.60. The van der Waals surface area contributed by atoms with Crippen molar-refractivity contribution >= 4 is 0 Å². The van der Waals surface area contributed by atoms with Crippen molar-refractivity contribution in [1.82, 2.24) is 15.1 Å². The fraction of sp³-hybridized carbons (Fsp3) is 0.727. The average Bonchev–Trinajstić information content (AvgIpc) is 2.43. The number of hydrogen-bond donors (Lipinski definition) is 1. The summed E-state index contributed by atoms with van der Waals surface area (Å²) >= 11 is 0. The highest BCUT2D eigenvalue weighted by Crippen LogP contribution is 2.10. The zero-order valence-corrected chi connectivity index (χ0v) is 9.83. The highest BCUT2D eigenvalue weighted by Gasteiger charge is 2.06. The van der Waals surface area contributed by atoms with E-state index in [-0.39, 0.29) is 0 Å². The first kappa shape index (κ1) is 11.2. The lowest BCUT2D eigenvalue weighted by Gasteiger charge is -2.06. The molecular weight excluding hydrogens is 174 g/mol. The minimum absolute atomic E-state index is 0.446. The molecule has 0 aliphatic carbocycles. The van der Waals surface area contributed by atoms with Gasteiger partial charge in [0.2, 0.25) is 0 Å². The van der Waals surface area contributed by atoms with E-state index >= 15 is 0 Å². The minimum atomic E-state index is 0.446. The third-order valence-electron chi connectivity index (χ3n) is 2.25. The van der Waals surface area contributed by atoms with Crippen LogP contribution in [0.25, 0.3) is 0 Å². The molecule has 0 aliphatic rings. The maximum absolute atomic E-state index is 4.46. The van der Waals surface area contributed by atoms with E-state index in [0.29, 0.717) is 12.1 Å². The van der Waals surface area contributed by atoms with Gasteiger partial charge in [0.05, 0.1) is 5.69 Å². The van der Waals surface area contributed by atoms with E-state index in [2.05, 4.69) is 51.2 Å². The summed E-state index contributed by atoms with van der Waals surface area (Å²) in [6.45, 7) is 11.6. The monoisotopic (exact) mass is 195 g/mol. The van der Waals surface area contributed by atoms with Gasteiger partial charge in [0.15, 0.2) is 0 Å². The molecule has 1 N–H and O–H groups in total. The molecule has 1 heterocycles. The molecule has 0 atom stereocenters. The van der Waals surface area contributed by atoms with Gasteiger partial charge in [-0.25, -0.2) is 0 Å². The van der Waals surface area contributed by atoms with Gasteiger partial charge >= 0.3 is 0 Å². The molecule has 0 saturated heterocycles. The minimum Gasteiger partial charge on any atom is -0.310 e. The van der Waals surface area contributed by atoms with Crippen molar-refractivity contribution in [1.29, 1.82) is 0 Å². The Labute approximate surface area is 86.5 Å². The molecule has 0 aliphatic heterocycles. The Morgan fingerprint density at radius 2 is 2.00 bits per heavy atom. The largest absolute Gasteiger partial charge is 0.310 e. The van der Waals surface area contributed by atoms with E-state index in [1.54, 1.807) is 0 Å². The Morgan fingerprint density at radius 1 is 1.36 bits per heavy atom. The van der Waals surface area contributed by atoms with Gasteiger partial charge in [0, 0.05) is 30.4 Å². The molecule has 3 nitrogen and oxygen atoms in total. The summed E-state index contributed by atoms with van der Waals surface area (Å²) in [5, 5.41) is 7.87. The van der Waals surface area contributed by atoms with Gasteiger partial charge in [-0.2, -0.15) is 5.10 Å². The van der Waals surface area contributed by atoms with Crippen LogP contribution in [0.4, 0.5) is 0 Å². The van der Waals surface area contributed by atoms with Crippen LogP contribution < -0.4 is 5.32 Å². The molecular formula is C11H21N3. The molecule has 0 saturated carbocycles. The first-order chi connectivity index (χ1) is 6.50. The molecule has 0 radical (unpaired) electrons. The fourth-order valence-electron chi connectivity index (χ4n) is 1.27. The van der Waals surface area contributed by atoms with Gasteiger partial charge in [-0.15, -0.1) is 0 Å². The number of nitrogens with zero attached hydrogens (tertiary/aromatic N) is 2. The Kier molecular flexibility index (Phi) is 3.69. The van der Waals surface area contributed by atoms with Crippen LogP contribution in [0.2, 0.25) is 0 Å². The van der Waals surface area contributed by atoms with Gasteiger partial charge in [-0.3, -0.25) is 4.68 Å². The van der Waals surface area contributed by atoms with Crippen LogP contribution in [0.15, 0.2) is 6.20 Å². The highest BCUT2D eigenvalue weighted by molar-refractivity contribution is 5.15. The van der Waals surface area contributed by atoms with Crippen molar-refractivity contribution in [3.05, 3.63) is 17.5 Å². The Balaban J connectivity index is 2.67. The molecule has 1 rings (SSSR count). The zero-order chi connectivity index (χ0) is 10.7. The lowest BCUT2D eigenvalue weighted by atomic mass is 10.2. The molecule has 3 heteroatoms. The number of hydrogen-bond acceptors (Lipinski definition) is 2. The maximum atomic E-state index is 4.46. The van der Waals surface area contributed by atoms with E-state index in [4.69, 9.17) is 0 Å². The fourth-order valence-corrected chi connectivity index (χ4v) is 1.27. The lowest BCUT2D eigenvalue weighted by molar-refractivity contribution is 0.528. The van der Waals surface area contributed by atoms with Crippen LogP contribution in [0, 0.1) is 6.92 Å². The van der Waals surface area contributed by atoms with Gasteiger partial charge in [0.25, 0.3) is 0 Å². The van der Waals surface area contributed by atoms with E-state index < -0.39 is 0 Å². The molecule has 1 aromatic heterocycles. The Bertz CT molecular complexity index is 287. The molecule has 0 fully saturated rings. The summed E-state index contributed by atoms with van der Waals surface area (Å²) in [7, 11) is 0. The van der Waals surface area contributed by atoms with Crippen LogP contribution in [-0.4, -0.2) is 15.8 Å². The Morgan fingerprint density at radius 3 is 2.43 bits per heavy atom. The average molecular weight is 195 g/mol. The number of aromatic nitrogens is 2. The van der Waals surface area contributed by atoms with Crippen LogP contribution in [0.1, 0.15) is 45.0 Å². The van der Waals surface area contributed by atoms with Crippen LogP contribution in [0.3, 0.4) is 0 Å². The number of nitrogens with one attached hydrogen (secondary N) is 1. The van der Waals surface area contributed by atoms with Gasteiger partial charge < -0.3 is 5.32 Å². The van der Waals surface area contributed by atoms with E-state index in [1.165, 1.54) is 5.56 Å². The maximum Gasteiger partial charge on any atom is 0.0638 e. The molecule has 0 bridgehead atoms. The highest BCUT2D eigenvalue weighted by atomic mass is 15.3. The van der Waals surface area contributed by atoms with Crippen LogP contribution in [-0.2, 0) is 6.54 Å². The first-order valence-corrected chi connectivity index (χ1v) is 5.28. The second-order valence-corrected chi connectivity index (χ2v) is 4.35. The van der Waals surface area contributed by atoms with E-state index in [9.17, 15) is 0 Å². The van der Waals surface area contributed by atoms with E-state index in [1.807, 2.05) is 4.68 Å². The van der Waals surface area contributed by atoms with Crippen LogP contribution >= 0.6 is 0 Å². The molecule has 0 amide bonds. The summed E-state index contributed by atoms with van der Waals surface area (Å²) < 4.78 is 2.02. The number of rotatable bonds is 4. The SMILES string of the molecule is Cc1nn(C(C)C)cc1CNC(C)C. The zero-order valence-electron chi connectivity index (χ0n) is 9.83. The topological polar surface area (TPSA) is 29.9 Å². The summed E-state index contributed by atoms with van der Waals surface area (Å²) in [4.78, 5) is 0. The first-order valence-electron chi connectivity index (χ1n) is 5.28. The van der Waals surface area contributed by atoms with Crippen molar-refractivity contribution in [2.24, 2.45) is 0 Å². The van der Waals surface area contributed by atoms with Gasteiger partial charge in [0.1, 0.15) is 0 Å². The molecule has 0 aromatic carbocycles. The molecule has 0 unspecified atom stereocenters. The Hall–Kier alpha value is -0.830. The normalized spacial score (nSPS) is 11.6. The van der Waals surface area contributed by atoms with Crippen molar-refractivity contribution in [2.75, 3.05) is 0 Å². The molecule has 1 aromatic rings. The van der Waals surface area contributed by atoms with E-state index in [0.717, 1.165) is 12.2 Å². The smallest absolute Gasteiger partial charge is 0.0638 e. The predicted molar refractivity (Wildman–Crippen MR) is 59.3 cm³/mol. The van der Waals surface area contributed by atoms with Gasteiger partial charge in [-0.05, 0) is 20.8 Å². The standard InChI is InChI=1S/C11H21N3/c1-8(2)12-6-11-7-14(9(3)4)13-10(11)5/h7-9,12H,6H2,1-5H3. The molecule has 0 spiro atoms. The third-order valence-corrected chi connectivity index (χ3v) is 2.25. The number of aryl methyl sites for hydroxylation is 1. The molecule has 14 heavy (non-hydrogen) atoms. The summed E-state index contributed by atoms with van der Waals surface area (Å²) in [6, 6.07) is 0.971. The predicted octanol–water partition coefficient (Wildman–Crippen LogP) is 2.27. The second-order valence-electron chi connectivity index (χ2n) is 4.35. The summed E-state index contributed by atoms with van der Waals surface area (Å²) in [5.41, 5.74) is 2.43. The van der Waals surface area contributed by atoms with Crippen molar-refractivity contribution in [3.63, 3.8) is 0 Å². The van der Waals surface area contributed by atoms with Crippen LogP contribution in [0.5, 0.6) is 0 Å². The van der Waals surface area contributed by atoms with Crippen molar-refractivity contribution < 1.29 is 0 Å². The van der Waals surface area contributed by atoms with Crippen molar-refractivity contribution in [2.45, 2.75) is 53.2 Å². The quantitative estimate of drug-likeness (QED) is 0.798. The van der Waals surface area contributed by atoms with Gasteiger partial charge in [-0.1, -0.05) is 13.8 Å². The summed E-state index contributed by atoms with van der Waals surface area (Å²) in [5.74, 6) is 0. The third kappa shape index (κ3) is 2.84. The lowest BCUT2D eigenvalue weighted by Crippen LogP contribution is -2.21.